The third-order valence-electron chi connectivity index (χ3n) is 4.06. The van der Waals surface area contributed by atoms with Gasteiger partial charge in [-0.05, 0) is 42.5 Å². The molecule has 2 heterocycles. The van der Waals surface area contributed by atoms with Gasteiger partial charge in [0.15, 0.2) is 0 Å². The monoisotopic (exact) mass is 393 g/mol. The summed E-state index contributed by atoms with van der Waals surface area (Å²) < 4.78 is 42.2. The lowest BCUT2D eigenvalue weighted by Crippen LogP contribution is -2.52. The summed E-state index contributed by atoms with van der Waals surface area (Å²) in [6.45, 7) is 0. The molecule has 0 aliphatic carbocycles. The van der Waals surface area contributed by atoms with E-state index in [0.29, 0.717) is 11.4 Å². The van der Waals surface area contributed by atoms with Gasteiger partial charge in [0.05, 0.1) is 0 Å². The molecule has 7 nitrogen and oxygen atoms in total. The van der Waals surface area contributed by atoms with Gasteiger partial charge in [0.1, 0.15) is 11.3 Å². The summed E-state index contributed by atoms with van der Waals surface area (Å²) in [7, 11) is 2.53. The van der Waals surface area contributed by atoms with Crippen LogP contribution in [-0.4, -0.2) is 52.7 Å². The van der Waals surface area contributed by atoms with Crippen LogP contribution < -0.4 is 4.74 Å². The second-order valence-electron chi connectivity index (χ2n) is 5.91. The van der Waals surface area contributed by atoms with Crippen LogP contribution in [-0.2, 0) is 9.59 Å². The Hall–Kier alpha value is -3.56. The number of barbiturate groups is 1. The van der Waals surface area contributed by atoms with Crippen molar-refractivity contribution in [3.63, 3.8) is 0 Å². The Morgan fingerprint density at radius 2 is 1.50 bits per heavy atom. The number of alkyl halides is 3. The van der Waals surface area contributed by atoms with Crippen molar-refractivity contribution in [3.8, 4) is 11.4 Å². The molecule has 10 heteroatoms. The van der Waals surface area contributed by atoms with E-state index in [1.165, 1.54) is 32.3 Å². The molecule has 28 heavy (non-hydrogen) atoms. The van der Waals surface area contributed by atoms with Gasteiger partial charge in [0.25, 0.3) is 11.8 Å². The lowest BCUT2D eigenvalue weighted by molar-refractivity contribution is -0.274. The molecule has 2 aromatic rings. The van der Waals surface area contributed by atoms with Crippen molar-refractivity contribution in [1.82, 2.24) is 14.4 Å². The summed E-state index contributed by atoms with van der Waals surface area (Å²) in [6, 6.07) is 7.62. The van der Waals surface area contributed by atoms with E-state index in [1.54, 1.807) is 22.9 Å². The van der Waals surface area contributed by atoms with E-state index in [2.05, 4.69) is 4.74 Å². The maximum absolute atomic E-state index is 12.3. The number of halogens is 3. The van der Waals surface area contributed by atoms with E-state index in [1.807, 2.05) is 0 Å². The number of hydrogen-bond acceptors (Lipinski definition) is 4. The van der Waals surface area contributed by atoms with Crippen LogP contribution in [0.15, 0.2) is 48.2 Å². The first kappa shape index (κ1) is 19.2. The van der Waals surface area contributed by atoms with Gasteiger partial charge in [0, 0.05) is 31.7 Å². The highest BCUT2D eigenvalue weighted by atomic mass is 19.4. The smallest absolute Gasteiger partial charge is 0.406 e. The summed E-state index contributed by atoms with van der Waals surface area (Å²) in [4.78, 5) is 38.0. The predicted octanol–water partition coefficient (Wildman–Crippen LogP) is 2.81. The summed E-state index contributed by atoms with van der Waals surface area (Å²) in [5.74, 6) is -1.85. The number of aromatic nitrogens is 1. The van der Waals surface area contributed by atoms with Crippen LogP contribution in [0.25, 0.3) is 11.8 Å². The minimum absolute atomic E-state index is 0.207. The zero-order chi connectivity index (χ0) is 20.6. The standard InChI is InChI=1S/C18H14F3N3O4/c1-22-15(25)14(16(26)23(2)17(22)27)10-12-4-3-9-24(12)11-5-7-13(8-6-11)28-18(19,20)21/h3-10H,1-2H3. The molecule has 1 aliphatic heterocycles. The minimum Gasteiger partial charge on any atom is -0.406 e. The maximum Gasteiger partial charge on any atom is 0.573 e. The second-order valence-corrected chi connectivity index (χ2v) is 5.91. The molecule has 4 amide bonds. The molecule has 146 valence electrons. The first-order valence-corrected chi connectivity index (χ1v) is 7.94. The SMILES string of the molecule is CN1C(=O)C(=Cc2cccn2-c2ccc(OC(F)(F)F)cc2)C(=O)N(C)C1=O. The maximum atomic E-state index is 12.3. The quantitative estimate of drug-likeness (QED) is 0.594. The first-order valence-electron chi connectivity index (χ1n) is 7.94. The normalized spacial score (nSPS) is 15.3. The van der Waals surface area contributed by atoms with Crippen LogP contribution in [0.3, 0.4) is 0 Å². The lowest BCUT2D eigenvalue weighted by Gasteiger charge is -2.28. The third-order valence-corrected chi connectivity index (χ3v) is 4.06. The van der Waals surface area contributed by atoms with Crippen LogP contribution in [0.4, 0.5) is 18.0 Å². The molecule has 1 saturated heterocycles. The van der Waals surface area contributed by atoms with Gasteiger partial charge in [-0.1, -0.05) is 0 Å². The number of imide groups is 2. The Morgan fingerprint density at radius 3 is 2.04 bits per heavy atom. The van der Waals surface area contributed by atoms with E-state index in [9.17, 15) is 27.6 Å². The second kappa shape index (κ2) is 6.87. The van der Waals surface area contributed by atoms with Crippen LogP contribution in [0.2, 0.25) is 0 Å². The van der Waals surface area contributed by atoms with E-state index in [4.69, 9.17) is 0 Å². The summed E-state index contributed by atoms with van der Waals surface area (Å²) in [5, 5.41) is 0. The number of hydrogen-bond donors (Lipinski definition) is 0. The molecule has 0 N–H and O–H groups in total. The molecule has 1 fully saturated rings. The topological polar surface area (TPSA) is 71.8 Å². The molecular formula is C18H14F3N3O4. The minimum atomic E-state index is -4.79. The summed E-state index contributed by atoms with van der Waals surface area (Å²) >= 11 is 0. The lowest BCUT2D eigenvalue weighted by atomic mass is 10.1. The molecule has 1 aromatic heterocycles. The average Bonchev–Trinajstić information content (AvgIpc) is 3.09. The Bertz CT molecular complexity index is 951. The molecule has 1 aromatic carbocycles. The molecule has 0 unspecified atom stereocenters. The van der Waals surface area contributed by atoms with Gasteiger partial charge in [-0.15, -0.1) is 13.2 Å². The van der Waals surface area contributed by atoms with Gasteiger partial charge < -0.3 is 9.30 Å². The van der Waals surface area contributed by atoms with Gasteiger partial charge >= 0.3 is 12.4 Å². The van der Waals surface area contributed by atoms with Gasteiger partial charge in [-0.3, -0.25) is 19.4 Å². The first-order chi connectivity index (χ1) is 13.1. The largest absolute Gasteiger partial charge is 0.573 e. The van der Waals surface area contributed by atoms with Crippen molar-refractivity contribution in [2.75, 3.05) is 14.1 Å². The van der Waals surface area contributed by atoms with Crippen molar-refractivity contribution < 1.29 is 32.3 Å². The molecule has 1 aliphatic rings. The number of ether oxygens (including phenoxy) is 1. The van der Waals surface area contributed by atoms with Gasteiger partial charge in [-0.25, -0.2) is 4.79 Å². The number of urea groups is 1. The van der Waals surface area contributed by atoms with Crippen molar-refractivity contribution in [2.45, 2.75) is 6.36 Å². The number of amides is 4. The Kier molecular flexibility index (Phi) is 4.72. The molecule has 3 rings (SSSR count). The fraction of sp³-hybridized carbons (Fsp3) is 0.167. The van der Waals surface area contributed by atoms with Crippen molar-refractivity contribution >= 4 is 23.9 Å². The molecule has 0 radical (unpaired) electrons. The molecule has 0 atom stereocenters. The predicted molar refractivity (Wildman–Crippen MR) is 91.4 cm³/mol. The number of rotatable bonds is 3. The van der Waals surface area contributed by atoms with Crippen molar-refractivity contribution in [2.24, 2.45) is 0 Å². The third kappa shape index (κ3) is 3.61. The highest BCUT2D eigenvalue weighted by molar-refractivity contribution is 6.30. The van der Waals surface area contributed by atoms with E-state index in [-0.39, 0.29) is 11.3 Å². The number of likely N-dealkylation sites (N-methyl/N-ethyl adjacent to an activating group) is 2. The van der Waals surface area contributed by atoms with Gasteiger partial charge in [-0.2, -0.15) is 0 Å². The number of carbonyl (C=O) groups excluding carboxylic acids is 3. The van der Waals surface area contributed by atoms with Gasteiger partial charge in [0.2, 0.25) is 0 Å². The Morgan fingerprint density at radius 1 is 0.929 bits per heavy atom. The summed E-state index contributed by atoms with van der Waals surface area (Å²) in [5.41, 5.74) is 0.707. The van der Waals surface area contributed by atoms with Crippen LogP contribution >= 0.6 is 0 Å². The summed E-state index contributed by atoms with van der Waals surface area (Å²) in [6.07, 6.45) is -1.85. The van der Waals surface area contributed by atoms with E-state index >= 15 is 0 Å². The molecule has 0 spiro atoms. The molecule has 0 saturated carbocycles. The average molecular weight is 393 g/mol. The zero-order valence-electron chi connectivity index (χ0n) is 14.7. The number of nitrogens with zero attached hydrogens (tertiary/aromatic N) is 3. The van der Waals surface area contributed by atoms with Crippen LogP contribution in [0.1, 0.15) is 5.69 Å². The number of carbonyl (C=O) groups is 3. The number of benzene rings is 1. The fourth-order valence-electron chi connectivity index (χ4n) is 2.68. The fourth-order valence-corrected chi connectivity index (χ4v) is 2.68. The molecule has 0 bridgehead atoms. The zero-order valence-corrected chi connectivity index (χ0v) is 14.7. The molecular weight excluding hydrogens is 379 g/mol. The van der Waals surface area contributed by atoms with E-state index < -0.39 is 24.2 Å². The van der Waals surface area contributed by atoms with E-state index in [0.717, 1.165) is 21.9 Å². The van der Waals surface area contributed by atoms with Crippen LogP contribution in [0, 0.1) is 0 Å². The van der Waals surface area contributed by atoms with Crippen LogP contribution in [0.5, 0.6) is 5.75 Å². The van der Waals surface area contributed by atoms with Crippen molar-refractivity contribution in [1.29, 1.82) is 0 Å². The Labute approximate surface area is 157 Å². The highest BCUT2D eigenvalue weighted by Crippen LogP contribution is 2.25. The Balaban J connectivity index is 1.94. The van der Waals surface area contributed by atoms with Crippen molar-refractivity contribution in [3.05, 3.63) is 53.9 Å². The highest BCUT2D eigenvalue weighted by Gasteiger charge is 2.38.